The molecule has 0 aliphatic heterocycles. The molecule has 78 valence electrons. The normalized spacial score (nSPS) is 12.6. The van der Waals surface area contributed by atoms with Crippen LogP contribution in [-0.2, 0) is 0 Å². The van der Waals surface area contributed by atoms with Gasteiger partial charge in [0.05, 0.1) is 7.11 Å². The summed E-state index contributed by atoms with van der Waals surface area (Å²) in [5, 5.41) is 0. The van der Waals surface area contributed by atoms with Gasteiger partial charge in [-0.15, -0.1) is 0 Å². The number of benzene rings is 1. The van der Waals surface area contributed by atoms with Crippen molar-refractivity contribution in [3.05, 3.63) is 29.3 Å². The van der Waals surface area contributed by atoms with Crippen LogP contribution in [0.25, 0.3) is 0 Å². The van der Waals surface area contributed by atoms with Crippen LogP contribution >= 0.6 is 0 Å². The lowest BCUT2D eigenvalue weighted by atomic mass is 9.98. The summed E-state index contributed by atoms with van der Waals surface area (Å²) < 4.78 is 5.18. The van der Waals surface area contributed by atoms with E-state index in [-0.39, 0.29) is 6.04 Å². The fourth-order valence-corrected chi connectivity index (χ4v) is 1.61. The van der Waals surface area contributed by atoms with Gasteiger partial charge in [-0.2, -0.15) is 0 Å². The van der Waals surface area contributed by atoms with E-state index in [1.165, 1.54) is 11.1 Å². The van der Waals surface area contributed by atoms with Crippen LogP contribution < -0.4 is 10.5 Å². The van der Waals surface area contributed by atoms with Gasteiger partial charge < -0.3 is 10.5 Å². The van der Waals surface area contributed by atoms with Crippen molar-refractivity contribution in [2.24, 2.45) is 5.73 Å². The molecule has 0 aromatic heterocycles. The van der Waals surface area contributed by atoms with Crippen LogP contribution in [0, 0.1) is 6.92 Å². The Morgan fingerprint density at radius 1 is 1.43 bits per heavy atom. The molecule has 0 fully saturated rings. The summed E-state index contributed by atoms with van der Waals surface area (Å²) in [6, 6.07) is 6.20. The molecule has 1 aromatic carbocycles. The fraction of sp³-hybridized carbons (Fsp3) is 0.500. The highest BCUT2D eigenvalue weighted by atomic mass is 16.5. The topological polar surface area (TPSA) is 35.2 Å². The van der Waals surface area contributed by atoms with E-state index in [1.807, 2.05) is 12.1 Å². The van der Waals surface area contributed by atoms with E-state index in [9.17, 15) is 0 Å². The number of nitrogens with two attached hydrogens (primary N) is 1. The first kappa shape index (κ1) is 11.1. The first-order valence-electron chi connectivity index (χ1n) is 5.09. The lowest BCUT2D eigenvalue weighted by molar-refractivity contribution is 0.413. The van der Waals surface area contributed by atoms with E-state index >= 15 is 0 Å². The van der Waals surface area contributed by atoms with Crippen LogP contribution in [0.5, 0.6) is 5.75 Å². The van der Waals surface area contributed by atoms with E-state index in [0.29, 0.717) is 0 Å². The smallest absolute Gasteiger partial charge is 0.119 e. The Hall–Kier alpha value is -1.02. The number of methoxy groups -OCH3 is 1. The molecule has 1 aromatic rings. The molecular formula is C12H19NO. The minimum atomic E-state index is 0.134. The summed E-state index contributed by atoms with van der Waals surface area (Å²) in [7, 11) is 1.68. The van der Waals surface area contributed by atoms with E-state index < -0.39 is 0 Å². The van der Waals surface area contributed by atoms with E-state index in [1.54, 1.807) is 7.11 Å². The molecule has 1 atom stereocenters. The Bertz CT molecular complexity index is 296. The Morgan fingerprint density at radius 2 is 2.14 bits per heavy atom. The van der Waals surface area contributed by atoms with E-state index in [2.05, 4.69) is 19.9 Å². The molecule has 0 saturated heterocycles. The van der Waals surface area contributed by atoms with Gasteiger partial charge in [-0.25, -0.2) is 0 Å². The molecule has 0 radical (unpaired) electrons. The van der Waals surface area contributed by atoms with Crippen LogP contribution in [0.4, 0.5) is 0 Å². The van der Waals surface area contributed by atoms with Gasteiger partial charge in [0, 0.05) is 6.04 Å². The third-order valence-electron chi connectivity index (χ3n) is 2.49. The molecule has 1 rings (SSSR count). The maximum Gasteiger partial charge on any atom is 0.119 e. The second-order valence-corrected chi connectivity index (χ2v) is 3.62. The van der Waals surface area contributed by atoms with E-state index in [4.69, 9.17) is 10.5 Å². The monoisotopic (exact) mass is 193 g/mol. The average molecular weight is 193 g/mol. The predicted octanol–water partition coefficient (Wildman–Crippen LogP) is 2.80. The second-order valence-electron chi connectivity index (χ2n) is 3.62. The fourth-order valence-electron chi connectivity index (χ4n) is 1.61. The van der Waals surface area contributed by atoms with Crippen molar-refractivity contribution in [1.29, 1.82) is 0 Å². The summed E-state index contributed by atoms with van der Waals surface area (Å²) in [6.07, 6.45) is 2.13. The zero-order valence-electron chi connectivity index (χ0n) is 9.21. The molecule has 2 nitrogen and oxygen atoms in total. The molecule has 0 saturated carbocycles. The summed E-state index contributed by atoms with van der Waals surface area (Å²) >= 11 is 0. The highest BCUT2D eigenvalue weighted by Crippen LogP contribution is 2.24. The maximum atomic E-state index is 6.07. The van der Waals surface area contributed by atoms with Crippen LogP contribution in [-0.4, -0.2) is 7.11 Å². The average Bonchev–Trinajstić information content (AvgIpc) is 2.19. The largest absolute Gasteiger partial charge is 0.497 e. The first-order chi connectivity index (χ1) is 6.69. The van der Waals surface area contributed by atoms with Crippen molar-refractivity contribution < 1.29 is 4.74 Å². The van der Waals surface area contributed by atoms with Gasteiger partial charge in [0.15, 0.2) is 0 Å². The number of ether oxygens (including phenoxy) is 1. The van der Waals surface area contributed by atoms with Crippen molar-refractivity contribution in [3.8, 4) is 5.75 Å². The van der Waals surface area contributed by atoms with Crippen molar-refractivity contribution in [2.45, 2.75) is 32.7 Å². The number of rotatable bonds is 4. The van der Waals surface area contributed by atoms with Gasteiger partial charge in [-0.3, -0.25) is 0 Å². The minimum absolute atomic E-state index is 0.134. The quantitative estimate of drug-likeness (QED) is 0.798. The van der Waals surface area contributed by atoms with Gasteiger partial charge in [0.25, 0.3) is 0 Å². The summed E-state index contributed by atoms with van der Waals surface area (Å²) in [4.78, 5) is 0. The third kappa shape index (κ3) is 2.48. The van der Waals surface area contributed by atoms with Gasteiger partial charge in [-0.1, -0.05) is 19.4 Å². The number of hydrogen-bond acceptors (Lipinski definition) is 2. The minimum Gasteiger partial charge on any atom is -0.497 e. The van der Waals surface area contributed by atoms with Crippen LogP contribution in [0.15, 0.2) is 18.2 Å². The zero-order chi connectivity index (χ0) is 10.6. The van der Waals surface area contributed by atoms with Gasteiger partial charge in [-0.05, 0) is 36.6 Å². The van der Waals surface area contributed by atoms with Gasteiger partial charge >= 0.3 is 0 Å². The Morgan fingerprint density at radius 3 is 2.71 bits per heavy atom. The standard InChI is InChI=1S/C12H19NO/c1-4-5-12(13)11-8-10(14-3)7-6-9(11)2/h6-8,12H,4-5,13H2,1-3H3/t12-/m1/s1. The Kier molecular flexibility index (Phi) is 3.96. The Balaban J connectivity index is 2.93. The van der Waals surface area contributed by atoms with Crippen LogP contribution in [0.1, 0.15) is 36.9 Å². The number of hydrogen-bond donors (Lipinski definition) is 1. The molecule has 0 spiro atoms. The van der Waals surface area contributed by atoms with Crippen molar-refractivity contribution in [3.63, 3.8) is 0 Å². The highest BCUT2D eigenvalue weighted by molar-refractivity contribution is 5.36. The number of aryl methyl sites for hydroxylation is 1. The Labute approximate surface area is 86.1 Å². The van der Waals surface area contributed by atoms with Gasteiger partial charge in [0.2, 0.25) is 0 Å². The molecule has 0 aliphatic rings. The lowest BCUT2D eigenvalue weighted by Crippen LogP contribution is -2.11. The van der Waals surface area contributed by atoms with Gasteiger partial charge in [0.1, 0.15) is 5.75 Å². The summed E-state index contributed by atoms with van der Waals surface area (Å²) in [6.45, 7) is 4.24. The molecular weight excluding hydrogens is 174 g/mol. The van der Waals surface area contributed by atoms with Crippen molar-refractivity contribution >= 4 is 0 Å². The van der Waals surface area contributed by atoms with Crippen LogP contribution in [0.3, 0.4) is 0 Å². The molecule has 2 heteroatoms. The molecule has 0 unspecified atom stereocenters. The first-order valence-corrected chi connectivity index (χ1v) is 5.09. The predicted molar refractivity (Wildman–Crippen MR) is 59.6 cm³/mol. The molecule has 0 aliphatic carbocycles. The summed E-state index contributed by atoms with van der Waals surface area (Å²) in [5.74, 6) is 0.886. The summed E-state index contributed by atoms with van der Waals surface area (Å²) in [5.41, 5.74) is 8.52. The van der Waals surface area contributed by atoms with Crippen LogP contribution in [0.2, 0.25) is 0 Å². The van der Waals surface area contributed by atoms with Crippen molar-refractivity contribution in [2.75, 3.05) is 7.11 Å². The van der Waals surface area contributed by atoms with Crippen molar-refractivity contribution in [1.82, 2.24) is 0 Å². The molecule has 14 heavy (non-hydrogen) atoms. The lowest BCUT2D eigenvalue weighted by Gasteiger charge is -2.14. The molecule has 2 N–H and O–H groups in total. The molecule has 0 bridgehead atoms. The zero-order valence-corrected chi connectivity index (χ0v) is 9.21. The molecule has 0 heterocycles. The highest BCUT2D eigenvalue weighted by Gasteiger charge is 2.08. The second kappa shape index (κ2) is 5.01. The van der Waals surface area contributed by atoms with E-state index in [0.717, 1.165) is 18.6 Å². The maximum absolute atomic E-state index is 6.07. The molecule has 0 amide bonds. The SMILES string of the molecule is CCC[C@@H](N)c1cc(OC)ccc1C. The third-order valence-corrected chi connectivity index (χ3v) is 2.49.